The zero-order valence-electron chi connectivity index (χ0n) is 12.3. The second-order valence-corrected chi connectivity index (χ2v) is 8.20. The molecule has 0 bridgehead atoms. The number of anilines is 1. The van der Waals surface area contributed by atoms with E-state index in [4.69, 9.17) is 11.6 Å². The van der Waals surface area contributed by atoms with Crippen molar-refractivity contribution in [2.24, 2.45) is 0 Å². The number of carbonyl (C=O) groups excluding carboxylic acids is 1. The van der Waals surface area contributed by atoms with E-state index in [-0.39, 0.29) is 26.1 Å². The lowest BCUT2D eigenvalue weighted by molar-refractivity contribution is 0.102. The van der Waals surface area contributed by atoms with Crippen molar-refractivity contribution >= 4 is 44.8 Å². The standard InChI is InChI=1S/C15H12ClF2NO3S2/c1-24(21,22)9-6-7-11(16)10(8-9)14(20)19-12-4-2-3-5-13(12)23-15(17)18/h2-8,15H,1H3,(H,19,20). The molecule has 0 heterocycles. The summed E-state index contributed by atoms with van der Waals surface area (Å²) in [5.41, 5.74) is 0.130. The Morgan fingerprint density at radius 3 is 2.50 bits per heavy atom. The normalized spacial score (nSPS) is 11.5. The third-order valence-corrected chi connectivity index (χ3v) is 5.19. The van der Waals surface area contributed by atoms with E-state index in [2.05, 4.69) is 5.32 Å². The molecule has 2 rings (SSSR count). The average molecular weight is 392 g/mol. The number of thioether (sulfide) groups is 1. The molecule has 24 heavy (non-hydrogen) atoms. The van der Waals surface area contributed by atoms with Crippen LogP contribution >= 0.6 is 23.4 Å². The van der Waals surface area contributed by atoms with E-state index < -0.39 is 21.5 Å². The van der Waals surface area contributed by atoms with Crippen LogP contribution in [0.4, 0.5) is 14.5 Å². The van der Waals surface area contributed by atoms with E-state index in [0.717, 1.165) is 12.3 Å². The summed E-state index contributed by atoms with van der Waals surface area (Å²) >= 11 is 6.25. The minimum Gasteiger partial charge on any atom is -0.321 e. The SMILES string of the molecule is CS(=O)(=O)c1ccc(Cl)c(C(=O)Nc2ccccc2SC(F)F)c1. The Hall–Kier alpha value is -1.64. The van der Waals surface area contributed by atoms with Crippen molar-refractivity contribution in [2.75, 3.05) is 11.6 Å². The van der Waals surface area contributed by atoms with Crippen LogP contribution in [-0.2, 0) is 9.84 Å². The minimum atomic E-state index is -3.51. The van der Waals surface area contributed by atoms with Crippen LogP contribution < -0.4 is 5.32 Å². The van der Waals surface area contributed by atoms with Crippen LogP contribution in [0.1, 0.15) is 10.4 Å². The second kappa shape index (κ2) is 7.50. The summed E-state index contributed by atoms with van der Waals surface area (Å²) in [6.07, 6.45) is 1.01. The third kappa shape index (κ3) is 4.68. The Balaban J connectivity index is 2.34. The average Bonchev–Trinajstić information content (AvgIpc) is 2.48. The first-order chi connectivity index (χ1) is 11.2. The summed E-state index contributed by atoms with van der Waals surface area (Å²) in [6.45, 7) is 0. The fourth-order valence-corrected chi connectivity index (χ4v) is 3.31. The van der Waals surface area contributed by atoms with E-state index in [1.165, 1.54) is 24.3 Å². The monoisotopic (exact) mass is 391 g/mol. The predicted molar refractivity (Wildman–Crippen MR) is 90.8 cm³/mol. The molecule has 0 saturated heterocycles. The minimum absolute atomic E-state index is 0.0545. The third-order valence-electron chi connectivity index (χ3n) is 2.96. The summed E-state index contributed by atoms with van der Waals surface area (Å²) in [5.74, 6) is -3.33. The maximum absolute atomic E-state index is 12.6. The lowest BCUT2D eigenvalue weighted by Crippen LogP contribution is -2.14. The molecule has 4 nitrogen and oxygen atoms in total. The summed E-state index contributed by atoms with van der Waals surface area (Å²) in [4.78, 5) is 12.5. The number of rotatable bonds is 5. The van der Waals surface area contributed by atoms with Crippen molar-refractivity contribution in [1.82, 2.24) is 0 Å². The van der Waals surface area contributed by atoms with Crippen LogP contribution in [0.5, 0.6) is 0 Å². The van der Waals surface area contributed by atoms with Crippen molar-refractivity contribution in [3.63, 3.8) is 0 Å². The number of sulfone groups is 1. The molecule has 0 aliphatic rings. The summed E-state index contributed by atoms with van der Waals surface area (Å²) in [5, 5.41) is 2.53. The fourth-order valence-electron chi connectivity index (χ4n) is 1.87. The molecule has 1 amide bonds. The molecule has 9 heteroatoms. The molecule has 2 aromatic rings. The van der Waals surface area contributed by atoms with Gasteiger partial charge in [-0.05, 0) is 30.3 Å². The highest BCUT2D eigenvalue weighted by Gasteiger charge is 2.17. The van der Waals surface area contributed by atoms with Gasteiger partial charge in [-0.3, -0.25) is 4.79 Å². The molecular formula is C15H12ClF2NO3S2. The second-order valence-electron chi connectivity index (χ2n) is 4.74. The van der Waals surface area contributed by atoms with Crippen molar-refractivity contribution in [3.05, 3.63) is 53.1 Å². The first kappa shape index (κ1) is 18.7. The molecule has 2 aromatic carbocycles. The number of hydrogen-bond acceptors (Lipinski definition) is 4. The number of alkyl halides is 2. The van der Waals surface area contributed by atoms with Gasteiger partial charge in [0, 0.05) is 11.2 Å². The lowest BCUT2D eigenvalue weighted by atomic mass is 10.2. The number of carbonyl (C=O) groups is 1. The molecule has 0 aromatic heterocycles. The summed E-state index contributed by atoms with van der Waals surface area (Å²) < 4.78 is 48.3. The van der Waals surface area contributed by atoms with Crippen LogP contribution in [0.2, 0.25) is 5.02 Å². The van der Waals surface area contributed by atoms with E-state index in [1.807, 2.05) is 0 Å². The molecule has 0 spiro atoms. The van der Waals surface area contributed by atoms with Gasteiger partial charge in [-0.1, -0.05) is 35.5 Å². The van der Waals surface area contributed by atoms with Gasteiger partial charge in [0.2, 0.25) is 0 Å². The molecule has 0 saturated carbocycles. The van der Waals surface area contributed by atoms with Crippen LogP contribution in [0, 0.1) is 0 Å². The maximum Gasteiger partial charge on any atom is 0.288 e. The Morgan fingerprint density at radius 2 is 1.88 bits per heavy atom. The van der Waals surface area contributed by atoms with Gasteiger partial charge in [-0.25, -0.2) is 8.42 Å². The van der Waals surface area contributed by atoms with E-state index in [9.17, 15) is 22.0 Å². The van der Waals surface area contributed by atoms with Crippen LogP contribution in [0.3, 0.4) is 0 Å². The number of halogens is 3. The number of benzene rings is 2. The van der Waals surface area contributed by atoms with Gasteiger partial charge in [-0.15, -0.1) is 0 Å². The number of hydrogen-bond donors (Lipinski definition) is 1. The van der Waals surface area contributed by atoms with Gasteiger partial charge >= 0.3 is 0 Å². The van der Waals surface area contributed by atoms with Crippen LogP contribution in [-0.4, -0.2) is 26.3 Å². The largest absolute Gasteiger partial charge is 0.321 e. The Labute approximate surface area is 147 Å². The zero-order valence-corrected chi connectivity index (χ0v) is 14.7. The molecule has 0 aliphatic heterocycles. The van der Waals surface area contributed by atoms with Crippen molar-refractivity contribution in [3.8, 4) is 0 Å². The molecule has 128 valence electrons. The van der Waals surface area contributed by atoms with E-state index in [1.54, 1.807) is 12.1 Å². The van der Waals surface area contributed by atoms with Crippen molar-refractivity contribution in [1.29, 1.82) is 0 Å². The van der Waals surface area contributed by atoms with Crippen LogP contribution in [0.25, 0.3) is 0 Å². The predicted octanol–water partition coefficient (Wildman–Crippen LogP) is 4.31. The number of nitrogens with one attached hydrogen (secondary N) is 1. The first-order valence-electron chi connectivity index (χ1n) is 6.53. The Kier molecular flexibility index (Phi) is 5.84. The lowest BCUT2D eigenvalue weighted by Gasteiger charge is -2.11. The highest BCUT2D eigenvalue weighted by molar-refractivity contribution is 7.99. The molecule has 1 N–H and O–H groups in total. The first-order valence-corrected chi connectivity index (χ1v) is 9.68. The van der Waals surface area contributed by atoms with E-state index in [0.29, 0.717) is 11.8 Å². The highest BCUT2D eigenvalue weighted by Crippen LogP contribution is 2.32. The fraction of sp³-hybridized carbons (Fsp3) is 0.133. The van der Waals surface area contributed by atoms with Crippen LogP contribution in [0.15, 0.2) is 52.3 Å². The zero-order chi connectivity index (χ0) is 17.9. The van der Waals surface area contributed by atoms with Crippen molar-refractivity contribution in [2.45, 2.75) is 15.5 Å². The van der Waals surface area contributed by atoms with Crippen molar-refractivity contribution < 1.29 is 22.0 Å². The summed E-state index contributed by atoms with van der Waals surface area (Å²) in [6, 6.07) is 9.80. The van der Waals surface area contributed by atoms with Gasteiger partial charge < -0.3 is 5.32 Å². The quantitative estimate of drug-likeness (QED) is 0.771. The van der Waals surface area contributed by atoms with Gasteiger partial charge in [0.05, 0.1) is 21.2 Å². The maximum atomic E-state index is 12.6. The number of para-hydroxylation sites is 1. The number of amides is 1. The van der Waals surface area contributed by atoms with Gasteiger partial charge in [-0.2, -0.15) is 8.78 Å². The molecule has 0 fully saturated rings. The molecule has 0 unspecified atom stereocenters. The van der Waals surface area contributed by atoms with Gasteiger partial charge in [0.25, 0.3) is 11.7 Å². The van der Waals surface area contributed by atoms with Gasteiger partial charge in [0.15, 0.2) is 9.84 Å². The molecular weight excluding hydrogens is 380 g/mol. The topological polar surface area (TPSA) is 63.2 Å². The molecule has 0 atom stereocenters. The van der Waals surface area contributed by atoms with E-state index >= 15 is 0 Å². The molecule has 0 aliphatic carbocycles. The highest BCUT2D eigenvalue weighted by atomic mass is 35.5. The Morgan fingerprint density at radius 1 is 1.21 bits per heavy atom. The molecule has 0 radical (unpaired) electrons. The Bertz CT molecular complexity index is 873. The summed E-state index contributed by atoms with van der Waals surface area (Å²) in [7, 11) is -3.51. The smallest absolute Gasteiger partial charge is 0.288 e. The van der Waals surface area contributed by atoms with Gasteiger partial charge in [0.1, 0.15) is 0 Å².